The zero-order chi connectivity index (χ0) is 14.3. The minimum absolute atomic E-state index is 0.287. The molecule has 19 heavy (non-hydrogen) atoms. The Kier molecular flexibility index (Phi) is 6.52. The Balaban J connectivity index is 2.36. The highest BCUT2D eigenvalue weighted by atomic mass is 32.2. The molecule has 0 aromatic heterocycles. The highest BCUT2D eigenvalue weighted by Crippen LogP contribution is 2.11. The van der Waals surface area contributed by atoms with Gasteiger partial charge in [-0.15, -0.1) is 0 Å². The van der Waals surface area contributed by atoms with E-state index in [0.29, 0.717) is 6.04 Å². The predicted molar refractivity (Wildman–Crippen MR) is 81.3 cm³/mol. The molecule has 0 saturated carbocycles. The highest BCUT2D eigenvalue weighted by Gasteiger charge is 2.09. The molecule has 0 aliphatic heterocycles. The van der Waals surface area contributed by atoms with Crippen molar-refractivity contribution >= 4 is 9.84 Å². The molecule has 1 unspecified atom stereocenters. The Morgan fingerprint density at radius 1 is 1.26 bits per heavy atom. The Morgan fingerprint density at radius 3 is 2.58 bits per heavy atom. The van der Waals surface area contributed by atoms with Crippen LogP contribution in [0.3, 0.4) is 0 Å². The van der Waals surface area contributed by atoms with Gasteiger partial charge in [-0.2, -0.15) is 0 Å². The molecule has 3 nitrogen and oxygen atoms in total. The summed E-state index contributed by atoms with van der Waals surface area (Å²) in [6, 6.07) is 8.94. The topological polar surface area (TPSA) is 46.2 Å². The maximum atomic E-state index is 11.1. The number of aryl methyl sites for hydroxylation is 2. The van der Waals surface area contributed by atoms with Gasteiger partial charge in [-0.05, 0) is 45.2 Å². The fraction of sp³-hybridized carbons (Fsp3) is 0.600. The fourth-order valence-electron chi connectivity index (χ4n) is 2.23. The monoisotopic (exact) mass is 283 g/mol. The summed E-state index contributed by atoms with van der Waals surface area (Å²) in [4.78, 5) is 0. The first-order valence-electron chi connectivity index (χ1n) is 6.81. The van der Waals surface area contributed by atoms with Crippen molar-refractivity contribution in [3.8, 4) is 0 Å². The zero-order valence-corrected chi connectivity index (χ0v) is 13.0. The lowest BCUT2D eigenvalue weighted by Crippen LogP contribution is -2.26. The molecule has 108 valence electrons. The van der Waals surface area contributed by atoms with Gasteiger partial charge in [-0.3, -0.25) is 0 Å². The maximum Gasteiger partial charge on any atom is 0.147 e. The summed E-state index contributed by atoms with van der Waals surface area (Å²) >= 11 is 0. The summed E-state index contributed by atoms with van der Waals surface area (Å²) < 4.78 is 22.2. The molecule has 0 heterocycles. The summed E-state index contributed by atoms with van der Waals surface area (Å²) in [6.45, 7) is 2.10. The van der Waals surface area contributed by atoms with Crippen molar-refractivity contribution in [2.24, 2.45) is 0 Å². The number of hydrogen-bond donors (Lipinski definition) is 1. The van der Waals surface area contributed by atoms with E-state index < -0.39 is 9.84 Å². The minimum atomic E-state index is -2.83. The van der Waals surface area contributed by atoms with Crippen LogP contribution < -0.4 is 5.32 Å². The molecule has 0 spiro atoms. The van der Waals surface area contributed by atoms with E-state index in [9.17, 15) is 8.42 Å². The average molecular weight is 283 g/mol. The summed E-state index contributed by atoms with van der Waals surface area (Å²) in [7, 11) is -0.883. The summed E-state index contributed by atoms with van der Waals surface area (Å²) in [5.74, 6) is 0.287. The highest BCUT2D eigenvalue weighted by molar-refractivity contribution is 7.90. The molecule has 0 saturated heterocycles. The van der Waals surface area contributed by atoms with Crippen LogP contribution in [-0.2, 0) is 16.3 Å². The van der Waals surface area contributed by atoms with Gasteiger partial charge in [0.2, 0.25) is 0 Å². The molecule has 0 fully saturated rings. The Morgan fingerprint density at radius 2 is 2.00 bits per heavy atom. The van der Waals surface area contributed by atoms with Crippen LogP contribution >= 0.6 is 0 Å². The minimum Gasteiger partial charge on any atom is -0.317 e. The summed E-state index contributed by atoms with van der Waals surface area (Å²) in [5.41, 5.74) is 2.64. The van der Waals surface area contributed by atoms with Crippen LogP contribution in [0.1, 0.15) is 30.4 Å². The Bertz CT molecular complexity index is 483. The second kappa shape index (κ2) is 7.65. The number of rotatable bonds is 8. The van der Waals surface area contributed by atoms with E-state index in [4.69, 9.17) is 0 Å². The second-order valence-corrected chi connectivity index (χ2v) is 7.55. The third-order valence-corrected chi connectivity index (χ3v) is 4.37. The molecule has 1 N–H and O–H groups in total. The van der Waals surface area contributed by atoms with Gasteiger partial charge in [-0.1, -0.05) is 29.8 Å². The van der Waals surface area contributed by atoms with Crippen molar-refractivity contribution in [1.82, 2.24) is 5.32 Å². The van der Waals surface area contributed by atoms with Crippen molar-refractivity contribution < 1.29 is 8.42 Å². The van der Waals surface area contributed by atoms with Crippen molar-refractivity contribution in [3.05, 3.63) is 35.4 Å². The van der Waals surface area contributed by atoms with Gasteiger partial charge in [-0.25, -0.2) is 8.42 Å². The average Bonchev–Trinajstić information content (AvgIpc) is 2.32. The smallest absolute Gasteiger partial charge is 0.147 e. The van der Waals surface area contributed by atoms with E-state index in [2.05, 4.69) is 36.5 Å². The first kappa shape index (κ1) is 16.2. The molecule has 1 rings (SSSR count). The van der Waals surface area contributed by atoms with Crippen LogP contribution in [0, 0.1) is 6.92 Å². The van der Waals surface area contributed by atoms with Crippen molar-refractivity contribution in [2.45, 2.75) is 38.6 Å². The third kappa shape index (κ3) is 7.33. The summed E-state index contributed by atoms with van der Waals surface area (Å²) in [6.07, 6.45) is 5.03. The van der Waals surface area contributed by atoms with E-state index in [1.54, 1.807) is 0 Å². The molecule has 4 heteroatoms. The third-order valence-electron chi connectivity index (χ3n) is 3.34. The number of benzene rings is 1. The van der Waals surface area contributed by atoms with Crippen LogP contribution in [0.4, 0.5) is 0 Å². The van der Waals surface area contributed by atoms with Crippen LogP contribution in [0.5, 0.6) is 0 Å². The van der Waals surface area contributed by atoms with Crippen LogP contribution in [-0.4, -0.2) is 33.5 Å². The first-order chi connectivity index (χ1) is 8.90. The molecule has 1 atom stereocenters. The maximum absolute atomic E-state index is 11.1. The number of hydrogen-bond acceptors (Lipinski definition) is 3. The van der Waals surface area contributed by atoms with Crippen molar-refractivity contribution in [3.63, 3.8) is 0 Å². The van der Waals surface area contributed by atoms with Gasteiger partial charge >= 0.3 is 0 Å². The van der Waals surface area contributed by atoms with Gasteiger partial charge in [0.25, 0.3) is 0 Å². The summed E-state index contributed by atoms with van der Waals surface area (Å²) in [5, 5.41) is 3.28. The van der Waals surface area contributed by atoms with Crippen LogP contribution in [0.2, 0.25) is 0 Å². The second-order valence-electron chi connectivity index (χ2n) is 5.29. The van der Waals surface area contributed by atoms with Crippen molar-refractivity contribution in [2.75, 3.05) is 19.1 Å². The number of sulfone groups is 1. The molecule has 1 aromatic rings. The fourth-order valence-corrected chi connectivity index (χ4v) is 2.92. The molecule has 0 bridgehead atoms. The van der Waals surface area contributed by atoms with E-state index in [0.717, 1.165) is 25.7 Å². The zero-order valence-electron chi connectivity index (χ0n) is 12.1. The van der Waals surface area contributed by atoms with E-state index in [1.807, 2.05) is 7.05 Å². The van der Waals surface area contributed by atoms with Gasteiger partial charge in [0.05, 0.1) is 0 Å². The predicted octanol–water partition coefficient (Wildman–Crippen LogP) is 2.34. The quantitative estimate of drug-likeness (QED) is 0.796. The molecule has 0 aliphatic rings. The molecular formula is C15H25NO2S. The first-order valence-corrected chi connectivity index (χ1v) is 8.87. The SMILES string of the molecule is CNC(CCCS(C)(=O)=O)CCc1cccc(C)c1. The van der Waals surface area contributed by atoms with Crippen LogP contribution in [0.25, 0.3) is 0 Å². The standard InChI is InChI=1S/C15H25NO2S/c1-13-6-4-7-14(12-13)9-10-15(16-2)8-5-11-19(3,17)18/h4,6-7,12,15-16H,5,8-11H2,1-3H3. The Labute approximate surface area is 117 Å². The van der Waals surface area contributed by atoms with E-state index >= 15 is 0 Å². The van der Waals surface area contributed by atoms with Crippen LogP contribution in [0.15, 0.2) is 24.3 Å². The van der Waals surface area contributed by atoms with Crippen molar-refractivity contribution in [1.29, 1.82) is 0 Å². The van der Waals surface area contributed by atoms with Gasteiger partial charge in [0.15, 0.2) is 0 Å². The lowest BCUT2D eigenvalue weighted by molar-refractivity contribution is 0.482. The largest absolute Gasteiger partial charge is 0.317 e. The number of nitrogens with one attached hydrogen (secondary N) is 1. The van der Waals surface area contributed by atoms with E-state index in [-0.39, 0.29) is 5.75 Å². The van der Waals surface area contributed by atoms with Gasteiger partial charge < -0.3 is 5.32 Å². The normalized spacial score (nSPS) is 13.4. The molecule has 0 aliphatic carbocycles. The lowest BCUT2D eigenvalue weighted by atomic mass is 10.0. The molecule has 0 amide bonds. The molecule has 0 radical (unpaired) electrons. The molecular weight excluding hydrogens is 258 g/mol. The Hall–Kier alpha value is -0.870. The lowest BCUT2D eigenvalue weighted by Gasteiger charge is -2.16. The van der Waals surface area contributed by atoms with Gasteiger partial charge in [0, 0.05) is 18.1 Å². The molecule has 1 aromatic carbocycles. The van der Waals surface area contributed by atoms with E-state index in [1.165, 1.54) is 17.4 Å². The van der Waals surface area contributed by atoms with Gasteiger partial charge in [0.1, 0.15) is 9.84 Å².